The van der Waals surface area contributed by atoms with Crippen LogP contribution in [0, 0.1) is 11.8 Å². The summed E-state index contributed by atoms with van der Waals surface area (Å²) < 4.78 is 5.27. The van der Waals surface area contributed by atoms with Crippen molar-refractivity contribution in [2.75, 3.05) is 13.1 Å². The molecule has 2 heterocycles. The van der Waals surface area contributed by atoms with Crippen LogP contribution < -0.4 is 0 Å². The molecule has 1 N–H and O–H groups in total. The third kappa shape index (κ3) is 2.88. The molecule has 17 heavy (non-hydrogen) atoms. The zero-order chi connectivity index (χ0) is 12.4. The number of carboxylic acid groups (broad SMARTS) is 1. The van der Waals surface area contributed by atoms with Gasteiger partial charge in [-0.15, -0.1) is 0 Å². The quantitative estimate of drug-likeness (QED) is 0.877. The summed E-state index contributed by atoms with van der Waals surface area (Å²) in [6, 6.07) is 3.28. The molecule has 1 aliphatic heterocycles. The van der Waals surface area contributed by atoms with Crippen molar-refractivity contribution in [3.63, 3.8) is 0 Å². The second kappa shape index (κ2) is 4.92. The van der Waals surface area contributed by atoms with Crippen LogP contribution in [0.2, 0.25) is 0 Å². The van der Waals surface area contributed by atoms with Gasteiger partial charge in [0.1, 0.15) is 5.76 Å². The van der Waals surface area contributed by atoms with Crippen LogP contribution in [-0.4, -0.2) is 29.1 Å². The molecular weight excluding hydrogens is 218 g/mol. The average Bonchev–Trinajstić information content (AvgIpc) is 2.72. The molecule has 0 saturated carbocycles. The van der Waals surface area contributed by atoms with E-state index in [2.05, 4.69) is 18.7 Å². The van der Waals surface area contributed by atoms with Gasteiger partial charge in [0.05, 0.1) is 6.54 Å². The number of hydrogen-bond donors (Lipinski definition) is 1. The summed E-state index contributed by atoms with van der Waals surface area (Å²) >= 11 is 0. The van der Waals surface area contributed by atoms with Crippen molar-refractivity contribution in [2.45, 2.75) is 26.8 Å². The van der Waals surface area contributed by atoms with Crippen molar-refractivity contribution in [3.8, 4) is 0 Å². The Morgan fingerprint density at radius 1 is 1.47 bits per heavy atom. The Bertz CT molecular complexity index is 399. The SMILES string of the molecule is CC1CCN(Cc2ccc(C(=O)O)o2)CC1C. The van der Waals surface area contributed by atoms with E-state index >= 15 is 0 Å². The molecule has 4 nitrogen and oxygen atoms in total. The highest BCUT2D eigenvalue weighted by atomic mass is 16.4. The first-order valence-corrected chi connectivity index (χ1v) is 6.10. The highest BCUT2D eigenvalue weighted by Gasteiger charge is 2.23. The summed E-state index contributed by atoms with van der Waals surface area (Å²) in [4.78, 5) is 13.0. The molecule has 0 bridgehead atoms. The van der Waals surface area contributed by atoms with E-state index in [4.69, 9.17) is 9.52 Å². The fourth-order valence-electron chi connectivity index (χ4n) is 2.29. The second-order valence-electron chi connectivity index (χ2n) is 5.05. The van der Waals surface area contributed by atoms with Crippen molar-refractivity contribution in [2.24, 2.45) is 11.8 Å². The lowest BCUT2D eigenvalue weighted by Crippen LogP contribution is -2.37. The highest BCUT2D eigenvalue weighted by Crippen LogP contribution is 2.24. The smallest absolute Gasteiger partial charge is 0.371 e. The molecule has 0 spiro atoms. The maximum absolute atomic E-state index is 10.7. The van der Waals surface area contributed by atoms with E-state index in [1.165, 1.54) is 12.5 Å². The first-order chi connectivity index (χ1) is 8.06. The Hall–Kier alpha value is -1.29. The van der Waals surface area contributed by atoms with Gasteiger partial charge >= 0.3 is 5.97 Å². The lowest BCUT2D eigenvalue weighted by atomic mass is 9.89. The number of carboxylic acids is 1. The van der Waals surface area contributed by atoms with Crippen LogP contribution in [0.4, 0.5) is 0 Å². The van der Waals surface area contributed by atoms with Crippen LogP contribution in [0.3, 0.4) is 0 Å². The molecule has 0 amide bonds. The van der Waals surface area contributed by atoms with Crippen LogP contribution in [0.5, 0.6) is 0 Å². The molecule has 1 aromatic rings. The molecule has 1 saturated heterocycles. The van der Waals surface area contributed by atoms with Crippen LogP contribution in [0.25, 0.3) is 0 Å². The molecule has 1 aromatic heterocycles. The van der Waals surface area contributed by atoms with Crippen LogP contribution >= 0.6 is 0 Å². The summed E-state index contributed by atoms with van der Waals surface area (Å²) in [5.74, 6) is 1.23. The average molecular weight is 237 g/mol. The molecular formula is C13H19NO3. The van der Waals surface area contributed by atoms with Gasteiger partial charge in [-0.3, -0.25) is 4.90 Å². The van der Waals surface area contributed by atoms with Crippen molar-refractivity contribution in [1.82, 2.24) is 4.90 Å². The zero-order valence-corrected chi connectivity index (χ0v) is 10.3. The Morgan fingerprint density at radius 2 is 2.24 bits per heavy atom. The van der Waals surface area contributed by atoms with Gasteiger partial charge in [0.25, 0.3) is 0 Å². The molecule has 0 aliphatic carbocycles. The molecule has 2 rings (SSSR count). The van der Waals surface area contributed by atoms with Crippen molar-refractivity contribution >= 4 is 5.97 Å². The van der Waals surface area contributed by atoms with E-state index in [0.717, 1.165) is 24.8 Å². The fourth-order valence-corrected chi connectivity index (χ4v) is 2.29. The Kier molecular flexibility index (Phi) is 3.52. The van der Waals surface area contributed by atoms with E-state index < -0.39 is 5.97 Å². The van der Waals surface area contributed by atoms with Crippen LogP contribution in [0.15, 0.2) is 16.5 Å². The molecule has 0 radical (unpaired) electrons. The number of carbonyl (C=O) groups is 1. The van der Waals surface area contributed by atoms with Gasteiger partial charge in [-0.1, -0.05) is 13.8 Å². The number of likely N-dealkylation sites (tertiary alicyclic amines) is 1. The number of furan rings is 1. The largest absolute Gasteiger partial charge is 0.475 e. The predicted octanol–water partition coefficient (Wildman–Crippen LogP) is 2.46. The van der Waals surface area contributed by atoms with E-state index in [1.807, 2.05) is 0 Å². The summed E-state index contributed by atoms with van der Waals surface area (Å²) in [7, 11) is 0. The molecule has 2 atom stereocenters. The van der Waals surface area contributed by atoms with Gasteiger partial charge in [0, 0.05) is 6.54 Å². The van der Waals surface area contributed by atoms with E-state index in [0.29, 0.717) is 12.5 Å². The van der Waals surface area contributed by atoms with Gasteiger partial charge in [0.15, 0.2) is 0 Å². The van der Waals surface area contributed by atoms with Gasteiger partial charge in [0.2, 0.25) is 5.76 Å². The number of piperidine rings is 1. The predicted molar refractivity (Wildman–Crippen MR) is 63.9 cm³/mol. The van der Waals surface area contributed by atoms with Crippen molar-refractivity contribution < 1.29 is 14.3 Å². The monoisotopic (exact) mass is 237 g/mol. The normalized spacial score (nSPS) is 26.0. The number of nitrogens with zero attached hydrogens (tertiary/aromatic N) is 1. The Balaban J connectivity index is 1.94. The molecule has 0 aromatic carbocycles. The minimum Gasteiger partial charge on any atom is -0.475 e. The Labute approximate surface area is 101 Å². The zero-order valence-electron chi connectivity index (χ0n) is 10.3. The van der Waals surface area contributed by atoms with Crippen molar-refractivity contribution in [3.05, 3.63) is 23.7 Å². The van der Waals surface area contributed by atoms with Gasteiger partial charge in [-0.05, 0) is 36.9 Å². The number of aromatic carboxylic acids is 1. The third-order valence-corrected chi connectivity index (χ3v) is 3.67. The minimum absolute atomic E-state index is 0.0263. The fraction of sp³-hybridized carbons (Fsp3) is 0.615. The molecule has 4 heteroatoms. The highest BCUT2D eigenvalue weighted by molar-refractivity contribution is 5.84. The standard InChI is InChI=1S/C13H19NO3/c1-9-5-6-14(7-10(9)2)8-11-3-4-12(17-11)13(15)16/h3-4,9-10H,5-8H2,1-2H3,(H,15,16). The molecule has 1 fully saturated rings. The van der Waals surface area contributed by atoms with E-state index in [-0.39, 0.29) is 5.76 Å². The molecule has 1 aliphatic rings. The minimum atomic E-state index is -1.00. The Morgan fingerprint density at radius 3 is 2.82 bits per heavy atom. The van der Waals surface area contributed by atoms with Crippen LogP contribution in [-0.2, 0) is 6.54 Å². The van der Waals surface area contributed by atoms with E-state index in [9.17, 15) is 4.79 Å². The summed E-state index contributed by atoms with van der Waals surface area (Å²) in [5, 5.41) is 8.77. The first kappa shape index (κ1) is 12.2. The lowest BCUT2D eigenvalue weighted by Gasteiger charge is -2.34. The second-order valence-corrected chi connectivity index (χ2v) is 5.05. The summed E-state index contributed by atoms with van der Waals surface area (Å²) in [6.07, 6.45) is 1.20. The van der Waals surface area contributed by atoms with Crippen LogP contribution in [0.1, 0.15) is 36.6 Å². The van der Waals surface area contributed by atoms with Gasteiger partial charge < -0.3 is 9.52 Å². The number of hydrogen-bond acceptors (Lipinski definition) is 3. The first-order valence-electron chi connectivity index (χ1n) is 6.10. The lowest BCUT2D eigenvalue weighted by molar-refractivity contribution is 0.0655. The molecule has 2 unspecified atom stereocenters. The van der Waals surface area contributed by atoms with E-state index in [1.54, 1.807) is 6.07 Å². The number of rotatable bonds is 3. The van der Waals surface area contributed by atoms with Crippen molar-refractivity contribution in [1.29, 1.82) is 0 Å². The third-order valence-electron chi connectivity index (χ3n) is 3.67. The van der Waals surface area contributed by atoms with Gasteiger partial charge in [-0.2, -0.15) is 0 Å². The topological polar surface area (TPSA) is 53.7 Å². The summed E-state index contributed by atoms with van der Waals surface area (Å²) in [6.45, 7) is 7.39. The van der Waals surface area contributed by atoms with Gasteiger partial charge in [-0.25, -0.2) is 4.79 Å². The maximum Gasteiger partial charge on any atom is 0.371 e. The summed E-state index contributed by atoms with van der Waals surface area (Å²) in [5.41, 5.74) is 0. The molecule has 94 valence electrons. The maximum atomic E-state index is 10.7.